The first-order valence-corrected chi connectivity index (χ1v) is 32.4. The monoisotopic (exact) mass is 1230 g/mol. The average Bonchev–Trinajstić information content (AvgIpc) is 4.04. The number of nitrogens with two attached hydrogens (primary N) is 1. The lowest BCUT2D eigenvalue weighted by atomic mass is 9.82. The van der Waals surface area contributed by atoms with E-state index in [2.05, 4.69) is 15.5 Å². The molecule has 8 atom stereocenters. The summed E-state index contributed by atoms with van der Waals surface area (Å²) in [7, 11) is 1.97. The van der Waals surface area contributed by atoms with E-state index >= 15 is 0 Å². The van der Waals surface area contributed by atoms with Crippen molar-refractivity contribution in [3.63, 3.8) is 0 Å². The van der Waals surface area contributed by atoms with Crippen molar-refractivity contribution >= 4 is 76.1 Å². The molecule has 3 heterocycles. The van der Waals surface area contributed by atoms with Gasteiger partial charge in [0.2, 0.25) is 17.7 Å². The average molecular weight is 1230 g/mol. The number of imide groups is 1. The minimum Gasteiger partial charge on any atom is -0.481 e. The van der Waals surface area contributed by atoms with Crippen molar-refractivity contribution in [2.75, 3.05) is 26.7 Å². The molecule has 5 N–H and O–H groups in total. The summed E-state index contributed by atoms with van der Waals surface area (Å²) in [5.41, 5.74) is 5.51. The Morgan fingerprint density at radius 1 is 0.851 bits per heavy atom. The zero-order valence-corrected chi connectivity index (χ0v) is 54.3. The van der Waals surface area contributed by atoms with Gasteiger partial charge < -0.3 is 31.1 Å². The van der Waals surface area contributed by atoms with E-state index in [0.717, 1.165) is 47.6 Å². The van der Waals surface area contributed by atoms with Crippen molar-refractivity contribution in [2.24, 2.45) is 40.7 Å². The number of piperidine rings is 1. The molecule has 2 aliphatic rings. The standard InChI is InChI=1S/C66H99N7O13S/c1-12-31-72(64(83)50(43(7)13-2)37-56(77)53-23-18-20-32-71(53)11)54(42(5)6)38-57(86-44(8)74)63-70-52(40-87-63)62(82)68-47(39-66(9,10)65(84)85)34-45-25-27-46(28-26-45)35-55(76)51(22-16-17-24-58(67)78)69-61(81)49(41(3)4)36-48(75)21-15-14-19-33-73-59(79)29-30-60(73)80/h25-30,40-43,47,49-51,53-54,57H,12-24,31-39H2,1-11H3,(H2,67,78)(H,68,82)(H,69,81)(H,84,85)/t43-,47-,49-,50-,51-,53+,54+,57+/m0/s1. The second-order valence-corrected chi connectivity index (χ2v) is 26.4. The molecule has 6 amide bonds. The van der Waals surface area contributed by atoms with Gasteiger partial charge in [-0.25, -0.2) is 4.98 Å². The number of aliphatic carboxylic acids is 1. The predicted molar refractivity (Wildman–Crippen MR) is 333 cm³/mol. The number of thiazole rings is 1. The molecule has 4 rings (SSSR count). The van der Waals surface area contributed by atoms with Gasteiger partial charge >= 0.3 is 11.9 Å². The first kappa shape index (κ1) is 73.0. The molecule has 1 saturated heterocycles. The van der Waals surface area contributed by atoms with Gasteiger partial charge in [0.1, 0.15) is 16.5 Å². The van der Waals surface area contributed by atoms with Crippen LogP contribution < -0.4 is 16.4 Å². The Kier molecular flexibility index (Phi) is 29.8. The number of nitrogens with zero attached hydrogens (tertiary/aromatic N) is 4. The van der Waals surface area contributed by atoms with Crippen LogP contribution in [-0.4, -0.2) is 140 Å². The van der Waals surface area contributed by atoms with Crippen LogP contribution in [0.1, 0.15) is 211 Å². The Balaban J connectivity index is 1.49. The number of hydrogen-bond donors (Lipinski definition) is 4. The van der Waals surface area contributed by atoms with Crippen LogP contribution in [0.4, 0.5) is 0 Å². The van der Waals surface area contributed by atoms with Crippen LogP contribution >= 0.6 is 11.3 Å². The van der Waals surface area contributed by atoms with E-state index in [4.69, 9.17) is 15.5 Å². The summed E-state index contributed by atoms with van der Waals surface area (Å²) >= 11 is 1.14. The van der Waals surface area contributed by atoms with Gasteiger partial charge in [-0.1, -0.05) is 98.4 Å². The second-order valence-electron chi connectivity index (χ2n) is 25.5. The van der Waals surface area contributed by atoms with E-state index in [1.807, 2.05) is 60.4 Å². The minimum atomic E-state index is -1.27. The zero-order chi connectivity index (χ0) is 64.7. The maximum Gasteiger partial charge on any atom is 0.309 e. The number of likely N-dealkylation sites (N-methyl/N-ethyl adjacent to an activating group) is 1. The van der Waals surface area contributed by atoms with E-state index in [1.165, 1.54) is 19.1 Å². The topological polar surface area (TPSA) is 290 Å². The highest BCUT2D eigenvalue weighted by molar-refractivity contribution is 7.09. The highest BCUT2D eigenvalue weighted by atomic mass is 32.1. The molecule has 1 fully saturated rings. The quantitative estimate of drug-likeness (QED) is 0.0276. The summed E-state index contributed by atoms with van der Waals surface area (Å²) in [6.45, 7) is 19.7. The first-order chi connectivity index (χ1) is 41.1. The van der Waals surface area contributed by atoms with Gasteiger partial charge in [0.15, 0.2) is 17.7 Å². The number of carboxylic acid groups (broad SMARTS) is 1. The number of rotatable bonds is 40. The lowest BCUT2D eigenvalue weighted by Gasteiger charge is -2.39. The maximum absolute atomic E-state index is 14.9. The van der Waals surface area contributed by atoms with Gasteiger partial charge in [-0.05, 0) is 114 Å². The molecule has 0 aliphatic carbocycles. The number of Topliss-reactive ketones (excluding diaryl/α,β-unsaturated/α-hetero) is 3. The number of ether oxygens (including phenoxy) is 1. The smallest absolute Gasteiger partial charge is 0.309 e. The molecule has 0 radical (unpaired) electrons. The summed E-state index contributed by atoms with van der Waals surface area (Å²) in [5, 5.41) is 18.1. The van der Waals surface area contributed by atoms with E-state index in [0.29, 0.717) is 62.1 Å². The van der Waals surface area contributed by atoms with Crippen molar-refractivity contribution in [1.82, 2.24) is 30.3 Å². The number of benzene rings is 1. The Labute approximate surface area is 519 Å². The van der Waals surface area contributed by atoms with Crippen molar-refractivity contribution in [2.45, 2.75) is 222 Å². The lowest BCUT2D eigenvalue weighted by molar-refractivity contribution is -0.150. The number of carbonyl (C=O) groups excluding carboxylic acids is 10. The predicted octanol–water partition coefficient (Wildman–Crippen LogP) is 8.71. The Morgan fingerprint density at radius 3 is 2.09 bits per heavy atom. The zero-order valence-electron chi connectivity index (χ0n) is 53.5. The molecule has 0 unspecified atom stereocenters. The summed E-state index contributed by atoms with van der Waals surface area (Å²) in [4.78, 5) is 155. The van der Waals surface area contributed by atoms with Crippen molar-refractivity contribution in [1.29, 1.82) is 0 Å². The molecule has 21 heteroatoms. The molecule has 0 saturated carbocycles. The van der Waals surface area contributed by atoms with Crippen LogP contribution in [0, 0.1) is 35.0 Å². The van der Waals surface area contributed by atoms with Gasteiger partial charge in [0.05, 0.1) is 17.5 Å². The highest BCUT2D eigenvalue weighted by Gasteiger charge is 2.40. The van der Waals surface area contributed by atoms with E-state index in [9.17, 15) is 57.8 Å². The SMILES string of the molecule is CCCN(C(=O)[C@@H](CC(=O)[C@H]1CCCCN1C)[C@@H](C)CC)[C@H](C[C@@H](OC(C)=O)c1nc(C(=O)N[C@@H](Cc2ccc(CC(=O)[C@H](CCCCC(N)=O)NC(=O)[C@@H](CC(=O)CCCCCN3C(=O)C=CC3=O)C(C)C)cc2)CC(C)(C)C(=O)O)cs1)C(C)C. The number of primary amides is 1. The van der Waals surface area contributed by atoms with Crippen LogP contribution in [0.2, 0.25) is 0 Å². The third-order valence-corrected chi connectivity index (χ3v) is 18.1. The van der Waals surface area contributed by atoms with Crippen LogP contribution in [0.15, 0.2) is 41.8 Å². The fraction of sp³-hybridized carbons (Fsp3) is 0.667. The number of likely N-dealkylation sites (tertiary alicyclic amines) is 1. The molecule has 482 valence electrons. The minimum absolute atomic E-state index is 0.0295. The molecule has 87 heavy (non-hydrogen) atoms. The highest BCUT2D eigenvalue weighted by Crippen LogP contribution is 2.34. The molecule has 1 aromatic carbocycles. The van der Waals surface area contributed by atoms with Gasteiger partial charge in [-0.2, -0.15) is 0 Å². The Morgan fingerprint density at radius 2 is 1.51 bits per heavy atom. The number of aromatic nitrogens is 1. The Bertz CT molecular complexity index is 2700. The van der Waals surface area contributed by atoms with Gasteiger partial charge in [-0.3, -0.25) is 62.5 Å². The van der Waals surface area contributed by atoms with Crippen molar-refractivity contribution in [3.05, 3.63) is 63.6 Å². The second kappa shape index (κ2) is 35.5. The molecule has 2 aromatic rings. The van der Waals surface area contributed by atoms with Crippen LogP contribution in [0.25, 0.3) is 0 Å². The molecule has 2 aliphatic heterocycles. The summed E-state index contributed by atoms with van der Waals surface area (Å²) in [6.07, 6.45) is 9.20. The number of nitrogens with one attached hydrogen (secondary N) is 2. The number of hydrogen-bond acceptors (Lipinski definition) is 15. The number of carbonyl (C=O) groups is 11. The van der Waals surface area contributed by atoms with Crippen LogP contribution in [0.5, 0.6) is 0 Å². The molecule has 0 spiro atoms. The number of carboxylic acids is 1. The third-order valence-electron chi connectivity index (χ3n) is 17.2. The van der Waals surface area contributed by atoms with Gasteiger partial charge in [0.25, 0.3) is 17.7 Å². The molecular formula is C66H99N7O13S. The number of esters is 1. The molecular weight excluding hydrogens is 1130 g/mol. The molecule has 20 nitrogen and oxygen atoms in total. The molecule has 0 bridgehead atoms. The Hall–Kier alpha value is -6.48. The van der Waals surface area contributed by atoms with Crippen LogP contribution in [-0.2, 0) is 65.5 Å². The van der Waals surface area contributed by atoms with Gasteiger partial charge in [-0.15, -0.1) is 11.3 Å². The van der Waals surface area contributed by atoms with Crippen molar-refractivity contribution < 1.29 is 62.6 Å². The lowest BCUT2D eigenvalue weighted by Crippen LogP contribution is -2.50. The van der Waals surface area contributed by atoms with E-state index in [-0.39, 0.29) is 129 Å². The summed E-state index contributed by atoms with van der Waals surface area (Å²) in [5.74, 6) is -5.91. The largest absolute Gasteiger partial charge is 0.481 e. The summed E-state index contributed by atoms with van der Waals surface area (Å²) < 4.78 is 5.94. The molecule has 1 aromatic heterocycles. The van der Waals surface area contributed by atoms with E-state index in [1.54, 1.807) is 43.5 Å². The number of unbranched alkanes of at least 4 members (excludes halogenated alkanes) is 3. The van der Waals surface area contributed by atoms with Crippen LogP contribution in [0.3, 0.4) is 0 Å². The third kappa shape index (κ3) is 23.2. The van der Waals surface area contributed by atoms with E-state index < -0.39 is 71.1 Å². The normalized spacial score (nSPS) is 17.1. The fourth-order valence-electron chi connectivity index (χ4n) is 11.6. The van der Waals surface area contributed by atoms with Gasteiger partial charge in [0, 0.05) is 100.0 Å². The fourth-order valence-corrected chi connectivity index (χ4v) is 12.5. The van der Waals surface area contributed by atoms with Crippen molar-refractivity contribution in [3.8, 4) is 0 Å². The maximum atomic E-state index is 14.9. The number of amides is 6. The first-order valence-electron chi connectivity index (χ1n) is 31.5. The summed E-state index contributed by atoms with van der Waals surface area (Å²) in [6, 6.07) is 4.81. The number of ketones is 3.